The van der Waals surface area contributed by atoms with Crippen LogP contribution in [0.25, 0.3) is 11.2 Å². The molecule has 0 aromatic carbocycles. The van der Waals surface area contributed by atoms with E-state index in [-0.39, 0.29) is 11.2 Å². The number of hydrogen-bond donors (Lipinski definition) is 0. The molecule has 2 aromatic heterocycles. The predicted molar refractivity (Wildman–Crippen MR) is 66.9 cm³/mol. The summed E-state index contributed by atoms with van der Waals surface area (Å²) in [5.41, 5.74) is -0.522. The first-order chi connectivity index (χ1) is 8.90. The predicted octanol–water partition coefficient (Wildman–Crippen LogP) is -0.832. The molecule has 0 bridgehead atoms. The molecule has 19 heavy (non-hydrogen) atoms. The fourth-order valence-electron chi connectivity index (χ4n) is 1.94. The van der Waals surface area contributed by atoms with Crippen LogP contribution in [0.4, 0.5) is 0 Å². The number of aromatic nitrogens is 4. The standard InChI is InChI=1S/C11H14N4O4/c1-6(10(17)19-4)15-5-12-8-7(15)9(16)14(3)11(18)13(8)2/h5-6H,1-4H3. The van der Waals surface area contributed by atoms with Crippen LogP contribution in [-0.4, -0.2) is 31.8 Å². The van der Waals surface area contributed by atoms with Gasteiger partial charge in [0.1, 0.15) is 6.04 Å². The summed E-state index contributed by atoms with van der Waals surface area (Å²) < 4.78 is 8.29. The highest BCUT2D eigenvalue weighted by molar-refractivity contribution is 5.78. The van der Waals surface area contributed by atoms with Gasteiger partial charge in [-0.05, 0) is 6.92 Å². The van der Waals surface area contributed by atoms with Crippen LogP contribution in [0.3, 0.4) is 0 Å². The van der Waals surface area contributed by atoms with E-state index in [1.165, 1.54) is 36.7 Å². The van der Waals surface area contributed by atoms with Crippen molar-refractivity contribution < 1.29 is 9.53 Å². The van der Waals surface area contributed by atoms with E-state index in [0.717, 1.165) is 4.57 Å². The number of carbonyl (C=O) groups excluding carboxylic acids is 1. The van der Waals surface area contributed by atoms with Crippen molar-refractivity contribution in [3.05, 3.63) is 27.2 Å². The zero-order chi connectivity index (χ0) is 14.3. The second kappa shape index (κ2) is 4.38. The van der Waals surface area contributed by atoms with Crippen LogP contribution in [0.2, 0.25) is 0 Å². The second-order valence-corrected chi connectivity index (χ2v) is 4.23. The first kappa shape index (κ1) is 13.1. The fraction of sp³-hybridized carbons (Fsp3) is 0.455. The fourth-order valence-corrected chi connectivity index (χ4v) is 1.94. The summed E-state index contributed by atoms with van der Waals surface area (Å²) in [7, 11) is 4.17. The SMILES string of the molecule is COC(=O)C(C)n1cnc2c1c(=O)n(C)c(=O)n2C. The molecule has 0 amide bonds. The maximum atomic E-state index is 12.1. The third-order valence-electron chi connectivity index (χ3n) is 3.13. The molecule has 8 nitrogen and oxygen atoms in total. The highest BCUT2D eigenvalue weighted by Gasteiger charge is 2.21. The van der Waals surface area contributed by atoms with Gasteiger partial charge in [-0.2, -0.15) is 0 Å². The number of esters is 1. The minimum atomic E-state index is -0.694. The van der Waals surface area contributed by atoms with E-state index in [4.69, 9.17) is 0 Å². The molecule has 2 aromatic rings. The van der Waals surface area contributed by atoms with E-state index in [1.54, 1.807) is 6.92 Å². The molecule has 1 unspecified atom stereocenters. The summed E-state index contributed by atoms with van der Waals surface area (Å²) in [6, 6.07) is -0.694. The van der Waals surface area contributed by atoms with Crippen LogP contribution in [0.5, 0.6) is 0 Å². The van der Waals surface area contributed by atoms with Gasteiger partial charge in [-0.15, -0.1) is 0 Å². The average Bonchev–Trinajstić information content (AvgIpc) is 2.85. The molecular weight excluding hydrogens is 252 g/mol. The summed E-state index contributed by atoms with van der Waals surface area (Å²) in [6.45, 7) is 1.59. The third-order valence-corrected chi connectivity index (χ3v) is 3.13. The second-order valence-electron chi connectivity index (χ2n) is 4.23. The number of fused-ring (bicyclic) bond motifs is 1. The van der Waals surface area contributed by atoms with Gasteiger partial charge in [-0.1, -0.05) is 0 Å². The summed E-state index contributed by atoms with van der Waals surface area (Å²) >= 11 is 0. The largest absolute Gasteiger partial charge is 0.467 e. The third kappa shape index (κ3) is 1.76. The smallest absolute Gasteiger partial charge is 0.332 e. The van der Waals surface area contributed by atoms with Crippen molar-refractivity contribution in [2.45, 2.75) is 13.0 Å². The molecule has 0 saturated heterocycles. The molecule has 102 valence electrons. The van der Waals surface area contributed by atoms with Gasteiger partial charge in [0.25, 0.3) is 5.56 Å². The maximum absolute atomic E-state index is 12.1. The van der Waals surface area contributed by atoms with Gasteiger partial charge in [0.15, 0.2) is 11.2 Å². The van der Waals surface area contributed by atoms with Gasteiger partial charge < -0.3 is 9.30 Å². The van der Waals surface area contributed by atoms with Crippen LogP contribution < -0.4 is 11.2 Å². The highest BCUT2D eigenvalue weighted by atomic mass is 16.5. The lowest BCUT2D eigenvalue weighted by atomic mass is 10.3. The first-order valence-corrected chi connectivity index (χ1v) is 5.60. The number of hydrogen-bond acceptors (Lipinski definition) is 5. The minimum absolute atomic E-state index is 0.197. The molecule has 0 radical (unpaired) electrons. The van der Waals surface area contributed by atoms with Gasteiger partial charge in [-0.3, -0.25) is 13.9 Å². The topological polar surface area (TPSA) is 88.1 Å². The Labute approximate surface area is 107 Å². The Balaban J connectivity index is 2.84. The van der Waals surface area contributed by atoms with Crippen LogP contribution in [-0.2, 0) is 23.6 Å². The average molecular weight is 266 g/mol. The molecule has 1 atom stereocenters. The van der Waals surface area contributed by atoms with Gasteiger partial charge in [0.05, 0.1) is 13.4 Å². The van der Waals surface area contributed by atoms with Crippen molar-refractivity contribution in [2.24, 2.45) is 14.1 Å². The van der Waals surface area contributed by atoms with E-state index in [2.05, 4.69) is 9.72 Å². The Hall–Kier alpha value is -2.38. The molecule has 0 aliphatic heterocycles. The number of imidazole rings is 1. The lowest BCUT2D eigenvalue weighted by Crippen LogP contribution is -2.38. The summed E-state index contributed by atoms with van der Waals surface area (Å²) in [5, 5.41) is 0. The molecule has 0 aliphatic rings. The van der Waals surface area contributed by atoms with E-state index >= 15 is 0 Å². The summed E-state index contributed by atoms with van der Waals surface area (Å²) in [4.78, 5) is 39.5. The van der Waals surface area contributed by atoms with E-state index in [9.17, 15) is 14.4 Å². The van der Waals surface area contributed by atoms with E-state index in [1.807, 2.05) is 0 Å². The van der Waals surface area contributed by atoms with Crippen LogP contribution in [0.15, 0.2) is 15.9 Å². The lowest BCUT2D eigenvalue weighted by Gasteiger charge is -2.12. The van der Waals surface area contributed by atoms with Crippen molar-refractivity contribution >= 4 is 17.1 Å². The van der Waals surface area contributed by atoms with Crippen molar-refractivity contribution in [2.75, 3.05) is 7.11 Å². The Morgan fingerprint density at radius 3 is 2.53 bits per heavy atom. The molecule has 2 heterocycles. The minimum Gasteiger partial charge on any atom is -0.467 e. The Bertz CT molecular complexity index is 767. The first-order valence-electron chi connectivity index (χ1n) is 5.60. The van der Waals surface area contributed by atoms with Crippen LogP contribution in [0, 0.1) is 0 Å². The zero-order valence-electron chi connectivity index (χ0n) is 11.1. The number of methoxy groups -OCH3 is 1. The van der Waals surface area contributed by atoms with Crippen LogP contribution in [0.1, 0.15) is 13.0 Å². The normalized spacial score (nSPS) is 12.6. The van der Waals surface area contributed by atoms with Gasteiger partial charge in [0, 0.05) is 14.1 Å². The van der Waals surface area contributed by atoms with Gasteiger partial charge in [0.2, 0.25) is 0 Å². The molecule has 0 N–H and O–H groups in total. The molecule has 2 rings (SSSR count). The molecule has 0 fully saturated rings. The lowest BCUT2D eigenvalue weighted by molar-refractivity contribution is -0.143. The van der Waals surface area contributed by atoms with E-state index < -0.39 is 23.3 Å². The Morgan fingerprint density at radius 1 is 1.32 bits per heavy atom. The number of carbonyl (C=O) groups is 1. The van der Waals surface area contributed by atoms with Gasteiger partial charge >= 0.3 is 11.7 Å². The molecule has 0 spiro atoms. The summed E-state index contributed by atoms with van der Waals surface area (Å²) in [6.07, 6.45) is 1.35. The van der Waals surface area contributed by atoms with Crippen molar-refractivity contribution in [1.29, 1.82) is 0 Å². The maximum Gasteiger partial charge on any atom is 0.332 e. The number of ether oxygens (including phenoxy) is 1. The summed E-state index contributed by atoms with van der Waals surface area (Å²) in [5.74, 6) is -0.491. The van der Waals surface area contributed by atoms with Crippen LogP contribution >= 0.6 is 0 Å². The molecular formula is C11H14N4O4. The highest BCUT2D eigenvalue weighted by Crippen LogP contribution is 2.13. The number of nitrogens with zero attached hydrogens (tertiary/aromatic N) is 4. The molecule has 0 saturated carbocycles. The molecule has 0 aliphatic carbocycles. The number of aryl methyl sites for hydroxylation is 1. The van der Waals surface area contributed by atoms with Gasteiger partial charge in [-0.25, -0.2) is 14.6 Å². The van der Waals surface area contributed by atoms with E-state index in [0.29, 0.717) is 0 Å². The van der Waals surface area contributed by atoms with Crippen molar-refractivity contribution in [3.63, 3.8) is 0 Å². The monoisotopic (exact) mass is 266 g/mol. The number of rotatable bonds is 2. The Kier molecular flexibility index (Phi) is 3.01. The Morgan fingerprint density at radius 2 is 1.95 bits per heavy atom. The molecule has 8 heteroatoms. The zero-order valence-corrected chi connectivity index (χ0v) is 11.1. The quantitative estimate of drug-likeness (QED) is 0.662. The van der Waals surface area contributed by atoms with Crippen molar-refractivity contribution in [1.82, 2.24) is 18.7 Å². The van der Waals surface area contributed by atoms with Crippen molar-refractivity contribution in [3.8, 4) is 0 Å².